The predicted octanol–water partition coefficient (Wildman–Crippen LogP) is 1.63. The first kappa shape index (κ1) is 10.9. The quantitative estimate of drug-likeness (QED) is 0.907. The predicted molar refractivity (Wildman–Crippen MR) is 62.0 cm³/mol. The lowest BCUT2D eigenvalue weighted by atomic mass is 10.2. The van der Waals surface area contributed by atoms with Crippen LogP contribution in [0.5, 0.6) is 5.75 Å². The first-order valence-corrected chi connectivity index (χ1v) is 5.73. The molecule has 1 aliphatic rings. The molecule has 1 N–H and O–H groups in total. The third-order valence-corrected chi connectivity index (χ3v) is 3.12. The fourth-order valence-corrected chi connectivity index (χ4v) is 2.15. The van der Waals surface area contributed by atoms with Crippen LogP contribution in [-0.4, -0.2) is 36.2 Å². The third-order valence-electron chi connectivity index (χ3n) is 2.50. The zero-order valence-corrected chi connectivity index (χ0v) is 10.2. The van der Waals surface area contributed by atoms with Gasteiger partial charge in [-0.1, -0.05) is 6.07 Å². The molecule has 0 radical (unpaired) electrons. The van der Waals surface area contributed by atoms with Gasteiger partial charge >= 0.3 is 0 Å². The molecule has 0 spiro atoms. The molecule has 15 heavy (non-hydrogen) atoms. The maximum Gasteiger partial charge on any atom is 0.134 e. The van der Waals surface area contributed by atoms with Crippen molar-refractivity contribution in [3.05, 3.63) is 28.2 Å². The van der Waals surface area contributed by atoms with Gasteiger partial charge in [0.25, 0.3) is 0 Å². The fourth-order valence-electron chi connectivity index (χ4n) is 1.63. The summed E-state index contributed by atoms with van der Waals surface area (Å²) in [7, 11) is 2.07. The molecule has 0 unspecified atom stereocenters. The number of hydrogen-bond acceptors (Lipinski definition) is 3. The Hall–Kier alpha value is -0.580. The van der Waals surface area contributed by atoms with E-state index >= 15 is 0 Å². The lowest BCUT2D eigenvalue weighted by Crippen LogP contribution is -2.51. The molecule has 0 saturated carbocycles. The number of ether oxygens (including phenoxy) is 1. The minimum absolute atomic E-state index is 0.0606. The number of nitrogens with zero attached hydrogens (tertiary/aromatic N) is 1. The van der Waals surface area contributed by atoms with Gasteiger partial charge in [0.2, 0.25) is 0 Å². The number of halogens is 1. The largest absolute Gasteiger partial charge is 0.487 e. The van der Waals surface area contributed by atoms with Gasteiger partial charge in [0, 0.05) is 13.1 Å². The molecule has 1 aromatic rings. The number of rotatable bonds is 3. The summed E-state index contributed by atoms with van der Waals surface area (Å²) in [5, 5.41) is 8.96. The standard InChI is InChI=1S/C11H14BrNO2/c1-13-5-9(6-13)15-11-3-2-8(7-14)4-10(11)12/h2-4,9,14H,5-7H2,1H3. The Labute approximate surface area is 97.8 Å². The van der Waals surface area contributed by atoms with Gasteiger partial charge < -0.3 is 9.84 Å². The van der Waals surface area contributed by atoms with E-state index in [0.717, 1.165) is 28.9 Å². The fraction of sp³-hybridized carbons (Fsp3) is 0.455. The summed E-state index contributed by atoms with van der Waals surface area (Å²) in [6.07, 6.45) is 0.297. The molecule has 3 nitrogen and oxygen atoms in total. The van der Waals surface area contributed by atoms with Gasteiger partial charge in [-0.25, -0.2) is 0 Å². The van der Waals surface area contributed by atoms with Gasteiger partial charge in [0.05, 0.1) is 11.1 Å². The number of aliphatic hydroxyl groups excluding tert-OH is 1. The Bertz CT molecular complexity index is 350. The Morgan fingerprint density at radius 2 is 2.27 bits per heavy atom. The van der Waals surface area contributed by atoms with Gasteiger partial charge in [-0.2, -0.15) is 0 Å². The second-order valence-corrected chi connectivity index (χ2v) is 4.74. The van der Waals surface area contributed by atoms with Crippen LogP contribution < -0.4 is 4.74 Å². The smallest absolute Gasteiger partial charge is 0.134 e. The van der Waals surface area contributed by atoms with Crippen molar-refractivity contribution >= 4 is 15.9 Å². The van der Waals surface area contributed by atoms with Crippen LogP contribution in [0, 0.1) is 0 Å². The van der Waals surface area contributed by atoms with Gasteiger partial charge in [0.15, 0.2) is 0 Å². The van der Waals surface area contributed by atoms with Crippen molar-refractivity contribution in [2.24, 2.45) is 0 Å². The van der Waals surface area contributed by atoms with E-state index in [1.165, 1.54) is 0 Å². The summed E-state index contributed by atoms with van der Waals surface area (Å²) in [5.74, 6) is 0.852. The highest BCUT2D eigenvalue weighted by atomic mass is 79.9. The van der Waals surface area contributed by atoms with Crippen LogP contribution in [0.15, 0.2) is 22.7 Å². The van der Waals surface area contributed by atoms with Crippen molar-refractivity contribution in [1.29, 1.82) is 0 Å². The molecule has 0 bridgehead atoms. The molecule has 82 valence electrons. The van der Waals surface area contributed by atoms with E-state index in [-0.39, 0.29) is 6.61 Å². The van der Waals surface area contributed by atoms with E-state index in [9.17, 15) is 0 Å². The molecule has 1 heterocycles. The highest BCUT2D eigenvalue weighted by Crippen LogP contribution is 2.28. The first-order chi connectivity index (χ1) is 7.19. The molecule has 2 rings (SSSR count). The van der Waals surface area contributed by atoms with Gasteiger partial charge in [-0.15, -0.1) is 0 Å². The lowest BCUT2D eigenvalue weighted by molar-refractivity contribution is 0.0383. The summed E-state index contributed by atoms with van der Waals surface area (Å²) in [6, 6.07) is 5.66. The van der Waals surface area contributed by atoms with Crippen LogP contribution in [0.3, 0.4) is 0 Å². The maximum atomic E-state index is 8.96. The Morgan fingerprint density at radius 3 is 2.80 bits per heavy atom. The Balaban J connectivity index is 2.02. The topological polar surface area (TPSA) is 32.7 Å². The Kier molecular flexibility index (Phi) is 3.29. The highest BCUT2D eigenvalue weighted by Gasteiger charge is 2.25. The molecular weight excluding hydrogens is 258 g/mol. The van der Waals surface area contributed by atoms with Gasteiger partial charge in [0.1, 0.15) is 11.9 Å². The van der Waals surface area contributed by atoms with Crippen LogP contribution in [0.4, 0.5) is 0 Å². The minimum atomic E-state index is 0.0606. The van der Waals surface area contributed by atoms with Crippen molar-refractivity contribution in [2.75, 3.05) is 20.1 Å². The van der Waals surface area contributed by atoms with Crippen molar-refractivity contribution in [3.8, 4) is 5.75 Å². The van der Waals surface area contributed by atoms with Crippen molar-refractivity contribution in [2.45, 2.75) is 12.7 Å². The lowest BCUT2D eigenvalue weighted by Gasteiger charge is -2.36. The van der Waals surface area contributed by atoms with E-state index in [2.05, 4.69) is 27.9 Å². The van der Waals surface area contributed by atoms with Crippen molar-refractivity contribution < 1.29 is 9.84 Å². The van der Waals surface area contributed by atoms with Crippen LogP contribution in [0.1, 0.15) is 5.56 Å². The second kappa shape index (κ2) is 4.51. The SMILES string of the molecule is CN1CC(Oc2ccc(CO)cc2Br)C1. The third kappa shape index (κ3) is 2.51. The van der Waals surface area contributed by atoms with E-state index in [1.54, 1.807) is 0 Å². The number of likely N-dealkylation sites (tertiary alicyclic amines) is 1. The van der Waals surface area contributed by atoms with Gasteiger partial charge in [-0.05, 0) is 40.7 Å². The number of aliphatic hydroxyl groups is 1. The van der Waals surface area contributed by atoms with Crippen LogP contribution >= 0.6 is 15.9 Å². The zero-order chi connectivity index (χ0) is 10.8. The van der Waals surface area contributed by atoms with Crippen molar-refractivity contribution in [1.82, 2.24) is 4.90 Å². The molecule has 0 atom stereocenters. The molecule has 4 heteroatoms. The molecule has 0 aromatic heterocycles. The van der Waals surface area contributed by atoms with E-state index in [1.807, 2.05) is 18.2 Å². The molecule has 1 saturated heterocycles. The van der Waals surface area contributed by atoms with Gasteiger partial charge in [-0.3, -0.25) is 4.90 Å². The summed E-state index contributed by atoms with van der Waals surface area (Å²) < 4.78 is 6.69. The monoisotopic (exact) mass is 271 g/mol. The highest BCUT2D eigenvalue weighted by molar-refractivity contribution is 9.10. The molecule has 1 fully saturated rings. The summed E-state index contributed by atoms with van der Waals surface area (Å²) in [6.45, 7) is 2.02. The van der Waals surface area contributed by atoms with Crippen LogP contribution in [-0.2, 0) is 6.61 Å². The van der Waals surface area contributed by atoms with E-state index < -0.39 is 0 Å². The van der Waals surface area contributed by atoms with Crippen molar-refractivity contribution in [3.63, 3.8) is 0 Å². The molecular formula is C11H14BrNO2. The minimum Gasteiger partial charge on any atom is -0.487 e. The maximum absolute atomic E-state index is 8.96. The summed E-state index contributed by atoms with van der Waals surface area (Å²) in [4.78, 5) is 2.21. The molecule has 1 aromatic carbocycles. The second-order valence-electron chi connectivity index (χ2n) is 3.88. The summed E-state index contributed by atoms with van der Waals surface area (Å²) >= 11 is 3.44. The first-order valence-electron chi connectivity index (χ1n) is 4.93. The summed E-state index contributed by atoms with van der Waals surface area (Å²) in [5.41, 5.74) is 0.889. The number of likely N-dealkylation sites (N-methyl/N-ethyl adjacent to an activating group) is 1. The zero-order valence-electron chi connectivity index (χ0n) is 8.61. The normalized spacial score (nSPS) is 17.5. The molecule has 0 amide bonds. The average Bonchev–Trinajstić information content (AvgIpc) is 2.18. The van der Waals surface area contributed by atoms with Crippen LogP contribution in [0.2, 0.25) is 0 Å². The average molecular weight is 272 g/mol. The van der Waals surface area contributed by atoms with Crippen LogP contribution in [0.25, 0.3) is 0 Å². The van der Waals surface area contributed by atoms with E-state index in [0.29, 0.717) is 6.10 Å². The number of hydrogen-bond donors (Lipinski definition) is 1. The number of benzene rings is 1. The molecule has 0 aliphatic carbocycles. The molecule has 1 aliphatic heterocycles. The Morgan fingerprint density at radius 1 is 1.53 bits per heavy atom. The van der Waals surface area contributed by atoms with E-state index in [4.69, 9.17) is 9.84 Å².